The molecule has 0 atom stereocenters. The molecular weight excluding hydrogens is 899 g/mol. The summed E-state index contributed by atoms with van der Waals surface area (Å²) in [4.78, 5) is 14.7. The molecule has 0 saturated heterocycles. The summed E-state index contributed by atoms with van der Waals surface area (Å²) in [5, 5.41) is 11.3. The minimum Gasteiger partial charge on any atom is -0.355 e. The zero-order chi connectivity index (χ0) is 53.7. The van der Waals surface area contributed by atoms with Crippen molar-refractivity contribution >= 4 is 46.4 Å². The van der Waals surface area contributed by atoms with Crippen LogP contribution >= 0.6 is 0 Å². The van der Waals surface area contributed by atoms with Crippen molar-refractivity contribution in [2.24, 2.45) is 0 Å². The van der Waals surface area contributed by atoms with Gasteiger partial charge in [0.1, 0.15) is 0 Å². The second-order valence-electron chi connectivity index (χ2n) is 26.9. The highest BCUT2D eigenvalue weighted by molar-refractivity contribution is 6.12. The Kier molecular flexibility index (Phi) is 12.7. The molecule has 1 N–H and O–H groups in total. The summed E-state index contributed by atoms with van der Waals surface area (Å²) >= 11 is 0. The van der Waals surface area contributed by atoms with E-state index in [-0.39, 0.29) is 32.5 Å². The van der Waals surface area contributed by atoms with Gasteiger partial charge in [0, 0.05) is 33.3 Å². The second-order valence-corrected chi connectivity index (χ2v) is 26.9. The highest BCUT2D eigenvalue weighted by atomic mass is 15.0. The van der Waals surface area contributed by atoms with E-state index >= 15 is 0 Å². The van der Waals surface area contributed by atoms with Crippen molar-refractivity contribution in [3.63, 3.8) is 0 Å². The highest BCUT2D eigenvalue weighted by Crippen LogP contribution is 2.55. The molecule has 3 aromatic heterocycles. The predicted molar refractivity (Wildman–Crippen MR) is 317 cm³/mol. The molecule has 5 nitrogen and oxygen atoms in total. The maximum absolute atomic E-state index is 11.3. The molecule has 0 amide bonds. The number of aromatic nitrogens is 4. The van der Waals surface area contributed by atoms with Gasteiger partial charge in [-0.25, -0.2) is 9.97 Å². The van der Waals surface area contributed by atoms with Crippen LogP contribution in [0.5, 0.6) is 0 Å². The number of aromatic amines is 1. The number of H-pyrrole nitrogens is 1. The minimum atomic E-state index is -0.319. The van der Waals surface area contributed by atoms with Crippen LogP contribution in [0, 0.1) is 11.3 Å². The Morgan fingerprint density at radius 3 is 1.38 bits per heavy atom. The largest absolute Gasteiger partial charge is 0.355 e. The quantitative estimate of drug-likeness (QED) is 0.191. The summed E-state index contributed by atoms with van der Waals surface area (Å²) in [6.07, 6.45) is 8.56. The molecule has 0 aliphatic carbocycles. The fourth-order valence-corrected chi connectivity index (χ4v) is 11.7. The Labute approximate surface area is 442 Å². The summed E-state index contributed by atoms with van der Waals surface area (Å²) in [5.74, 6) is 0. The van der Waals surface area contributed by atoms with Crippen molar-refractivity contribution in [2.45, 2.75) is 157 Å². The van der Waals surface area contributed by atoms with E-state index < -0.39 is 0 Å². The Bertz CT molecular complexity index is 3660. The van der Waals surface area contributed by atoms with Gasteiger partial charge in [-0.2, -0.15) is 5.26 Å². The van der Waals surface area contributed by atoms with E-state index in [1.807, 2.05) is 12.1 Å². The van der Waals surface area contributed by atoms with Crippen LogP contribution in [0.15, 0.2) is 109 Å². The lowest BCUT2D eigenvalue weighted by Crippen LogP contribution is -2.24. The molecule has 0 saturated carbocycles. The van der Waals surface area contributed by atoms with Gasteiger partial charge in [-0.1, -0.05) is 191 Å². The number of nitriles is 1. The number of nitrogens with one attached hydrogen (secondary N) is 1. The van der Waals surface area contributed by atoms with Crippen LogP contribution in [-0.4, -0.2) is 19.5 Å². The smallest absolute Gasteiger partial charge is 0.0998 e. The molecule has 5 heteroatoms. The van der Waals surface area contributed by atoms with Gasteiger partial charge in [0.05, 0.1) is 51.1 Å². The van der Waals surface area contributed by atoms with E-state index in [1.165, 1.54) is 38.9 Å². The van der Waals surface area contributed by atoms with Crippen molar-refractivity contribution in [1.29, 1.82) is 5.26 Å². The molecule has 7 aromatic rings. The van der Waals surface area contributed by atoms with E-state index in [2.05, 4.69) is 262 Å². The fraction of sp³-hybridized carbons (Fsp3) is 0.348. The SMILES string of the molecule is CC(C)(C)c1cccc(-c2c(-c3cccc(C(C)(C)C)c3C(C)(C)C)c3c(-c4ccccc4C#N)c4nc(cc5ccc(cc6nc(cc2n3-c2cccc(C(C)(C)C)c2C(C)(C)C)C=C6)[nH]5)C=C4)c1C(C)(C)C. The number of hydrogen-bond donors (Lipinski definition) is 1. The third kappa shape index (κ3) is 9.54. The van der Waals surface area contributed by atoms with Crippen LogP contribution in [0.1, 0.15) is 186 Å². The lowest BCUT2D eigenvalue weighted by Gasteiger charge is -2.34. The topological polar surface area (TPSA) is 70.3 Å². The number of fused-ring (bicyclic) bond motifs is 8. The van der Waals surface area contributed by atoms with Crippen LogP contribution in [0.2, 0.25) is 0 Å². The third-order valence-corrected chi connectivity index (χ3v) is 14.6. The summed E-state index contributed by atoms with van der Waals surface area (Å²) < 4.78 is 2.58. The van der Waals surface area contributed by atoms with Crippen molar-refractivity contribution < 1.29 is 0 Å². The number of benzene rings is 4. The Morgan fingerprint density at radius 2 is 0.865 bits per heavy atom. The van der Waals surface area contributed by atoms with Gasteiger partial charge in [0.2, 0.25) is 0 Å². The predicted octanol–water partition coefficient (Wildman–Crippen LogP) is 18.8. The summed E-state index contributed by atoms with van der Waals surface area (Å²) in [6.45, 7) is 42.3. The average molecular weight is 976 g/mol. The molecule has 2 aliphatic heterocycles. The number of rotatable bonds is 4. The molecule has 0 spiro atoms. The first kappa shape index (κ1) is 51.9. The summed E-state index contributed by atoms with van der Waals surface area (Å²) in [7, 11) is 0. The average Bonchev–Trinajstić information content (AvgIpc) is 4.12. The second kappa shape index (κ2) is 18.1. The molecule has 4 aromatic carbocycles. The molecular formula is C69H77N5. The van der Waals surface area contributed by atoms with Gasteiger partial charge in [-0.05, 0) is 144 Å². The monoisotopic (exact) mass is 976 g/mol. The van der Waals surface area contributed by atoms with Crippen molar-refractivity contribution in [1.82, 2.24) is 19.5 Å². The van der Waals surface area contributed by atoms with Gasteiger partial charge in [-0.3, -0.25) is 0 Å². The fourth-order valence-electron chi connectivity index (χ4n) is 11.7. The van der Waals surface area contributed by atoms with E-state index in [1.54, 1.807) is 0 Å². The third-order valence-electron chi connectivity index (χ3n) is 14.6. The van der Waals surface area contributed by atoms with Gasteiger partial charge in [0.25, 0.3) is 0 Å². The molecule has 8 bridgehead atoms. The standard InChI is InChI=1S/C69H77N5/c1-64(2,3)51-28-21-26-49(60(51)67(10,11)12)58-56-40-47-35-34-44(72-47)38-43-32-33-45(71-43)39-46-36-37-54(73-46)57(48-25-20-19-24-42(48)41-70)63(59(58)50-27-22-29-52(65(4,5)6)61(50)68(13,14)15)74(56)55-31-23-30-53(66(7,8)9)62(55)69(16,17)18/h19-40,71H,1-18H3. The summed E-state index contributed by atoms with van der Waals surface area (Å²) in [6, 6.07) is 42.4. The zero-order valence-corrected chi connectivity index (χ0v) is 47.5. The van der Waals surface area contributed by atoms with Crippen LogP contribution in [0.3, 0.4) is 0 Å². The van der Waals surface area contributed by atoms with Crippen LogP contribution in [0.4, 0.5) is 0 Å². The van der Waals surface area contributed by atoms with Crippen LogP contribution < -0.4 is 0 Å². The van der Waals surface area contributed by atoms with Crippen molar-refractivity contribution in [3.8, 4) is 45.1 Å². The highest BCUT2D eigenvalue weighted by Gasteiger charge is 2.38. The molecule has 5 heterocycles. The van der Waals surface area contributed by atoms with Gasteiger partial charge in [-0.15, -0.1) is 0 Å². The Balaban J connectivity index is 1.79. The molecule has 0 fully saturated rings. The molecule has 2 aliphatic rings. The lowest BCUT2D eigenvalue weighted by molar-refractivity contribution is 0.528. The molecule has 9 rings (SSSR count). The normalized spacial score (nSPS) is 13.4. The van der Waals surface area contributed by atoms with Gasteiger partial charge >= 0.3 is 0 Å². The minimum absolute atomic E-state index is 0.186. The molecule has 0 unspecified atom stereocenters. The van der Waals surface area contributed by atoms with E-state index in [9.17, 15) is 5.26 Å². The number of nitrogens with zero attached hydrogens (tertiary/aromatic N) is 4. The van der Waals surface area contributed by atoms with Gasteiger partial charge in [0.15, 0.2) is 0 Å². The molecule has 74 heavy (non-hydrogen) atoms. The molecule has 378 valence electrons. The van der Waals surface area contributed by atoms with E-state index in [0.29, 0.717) is 5.56 Å². The lowest BCUT2D eigenvalue weighted by atomic mass is 9.70. The van der Waals surface area contributed by atoms with Crippen molar-refractivity contribution in [3.05, 3.63) is 171 Å². The maximum atomic E-state index is 11.3. The Morgan fingerprint density at radius 1 is 0.419 bits per heavy atom. The summed E-state index contributed by atoms with van der Waals surface area (Å²) in [5.41, 5.74) is 21.3. The number of hydrogen-bond acceptors (Lipinski definition) is 3. The van der Waals surface area contributed by atoms with Crippen molar-refractivity contribution in [2.75, 3.05) is 0 Å². The zero-order valence-electron chi connectivity index (χ0n) is 47.5. The first-order valence-electron chi connectivity index (χ1n) is 26.6. The molecule has 0 radical (unpaired) electrons. The van der Waals surface area contributed by atoms with Crippen LogP contribution in [-0.2, 0) is 32.5 Å². The van der Waals surface area contributed by atoms with Gasteiger partial charge < -0.3 is 9.55 Å². The van der Waals surface area contributed by atoms with E-state index in [0.717, 1.165) is 78.3 Å². The first-order chi connectivity index (χ1) is 34.5. The van der Waals surface area contributed by atoms with E-state index in [4.69, 9.17) is 9.97 Å². The maximum Gasteiger partial charge on any atom is 0.0998 e. The van der Waals surface area contributed by atoms with Crippen LogP contribution in [0.25, 0.3) is 85.4 Å². The Hall–Kier alpha value is -7.03. The first-order valence-corrected chi connectivity index (χ1v) is 26.6.